The van der Waals surface area contributed by atoms with Crippen molar-refractivity contribution in [2.75, 3.05) is 48.3 Å². The summed E-state index contributed by atoms with van der Waals surface area (Å²) in [4.78, 5) is 72.7. The number of hydrogen-bond acceptors (Lipinski definition) is 14. The normalized spacial score (nSPS) is 38.6. The fourth-order valence-corrected chi connectivity index (χ4v) is 11.7. The highest BCUT2D eigenvalue weighted by molar-refractivity contribution is 7.57. The van der Waals surface area contributed by atoms with Crippen LogP contribution in [0.2, 0.25) is 0 Å². The second-order valence-corrected chi connectivity index (χ2v) is 23.8. The lowest BCUT2D eigenvalue weighted by Crippen LogP contribution is -2.61. The summed E-state index contributed by atoms with van der Waals surface area (Å²) in [5, 5.41) is 12.0. The summed E-state index contributed by atoms with van der Waals surface area (Å²) in [6.45, 7) is 16.3. The molecule has 3 fully saturated rings. The molecule has 0 aromatic heterocycles. The van der Waals surface area contributed by atoms with E-state index < -0.39 is 79.2 Å². The highest BCUT2D eigenvalue weighted by Crippen LogP contribution is 2.45. The minimum atomic E-state index is -2.78. The molecule has 1 amide bonds. The van der Waals surface area contributed by atoms with Crippen molar-refractivity contribution < 1.29 is 66.6 Å². The number of ketones is 3. The van der Waals surface area contributed by atoms with Crippen LogP contribution in [0.4, 0.5) is 0 Å². The molecule has 0 unspecified atom stereocenters. The minimum Gasteiger partial charge on any atom is -0.460 e. The Morgan fingerprint density at radius 2 is 1.51 bits per heavy atom. The van der Waals surface area contributed by atoms with Gasteiger partial charge < -0.3 is 43.0 Å². The average Bonchev–Trinajstić information content (AvgIpc) is 3.31. The molecule has 4 rings (SSSR count). The number of nitrogens with zero attached hydrogens (tertiary/aromatic N) is 1. The fraction of sp³-hybridized carbons (Fsp3) is 0.759. The number of allylic oxidation sites excluding steroid dienone is 6. The molecule has 1 saturated carbocycles. The van der Waals surface area contributed by atoms with Crippen LogP contribution in [-0.4, -0.2) is 142 Å². The Labute approximate surface area is 418 Å². The first-order valence-corrected chi connectivity index (χ1v) is 28.1. The average molecular weight is 1000 g/mol. The summed E-state index contributed by atoms with van der Waals surface area (Å²) >= 11 is 0. The molecular formula is C54H86NO14P. The number of esters is 1. The van der Waals surface area contributed by atoms with Crippen LogP contribution in [0.3, 0.4) is 0 Å². The molecule has 0 radical (unpaired) electrons. The van der Waals surface area contributed by atoms with E-state index in [1.165, 1.54) is 19.1 Å². The maximum Gasteiger partial charge on any atom is 0.329 e. The van der Waals surface area contributed by atoms with E-state index in [9.17, 15) is 33.6 Å². The molecule has 3 aliphatic heterocycles. The molecule has 4 aliphatic rings. The Balaban J connectivity index is 1.72. The maximum absolute atomic E-state index is 14.5. The smallest absolute Gasteiger partial charge is 0.329 e. The van der Waals surface area contributed by atoms with E-state index in [-0.39, 0.29) is 66.8 Å². The summed E-state index contributed by atoms with van der Waals surface area (Å²) in [7, 11) is 3.39. The first-order chi connectivity index (χ1) is 33.0. The van der Waals surface area contributed by atoms with Gasteiger partial charge in [0.05, 0.1) is 24.4 Å². The SMILES string of the molecule is CO[C@H]1C[C@@H]2CC[C@@H](C)[C@@](O)(O2)C(=O)C(=O)N2CCCC[C@H]2C(=O)O[C@H]([C@H](C)C[C@@H]2CC[C@@H](OP(C)(C)=O)[C@H](OC)C2)CC(=O)[C@H](C)/C=C(\C)[C@@H](OC)[C@@H](OC)C(=O)[C@H](C)C[C@H](C)/C=C/C=C/C=C/1C. The molecule has 3 heterocycles. The molecule has 0 spiro atoms. The summed E-state index contributed by atoms with van der Waals surface area (Å²) in [6.07, 6.45) is 12.7. The van der Waals surface area contributed by atoms with E-state index in [4.69, 9.17) is 32.9 Å². The van der Waals surface area contributed by atoms with E-state index in [1.807, 2.05) is 58.1 Å². The predicted molar refractivity (Wildman–Crippen MR) is 268 cm³/mol. The van der Waals surface area contributed by atoms with Crippen molar-refractivity contribution in [3.8, 4) is 0 Å². The number of piperidine rings is 1. The number of ether oxygens (including phenoxy) is 6. The number of rotatable bonds is 9. The lowest BCUT2D eigenvalue weighted by Gasteiger charge is -2.42. The zero-order valence-corrected chi connectivity index (χ0v) is 45.3. The Bertz CT molecular complexity index is 1960. The molecule has 0 aromatic carbocycles. The van der Waals surface area contributed by atoms with E-state index >= 15 is 0 Å². The number of carbonyl (C=O) groups is 5. The summed E-state index contributed by atoms with van der Waals surface area (Å²) < 4.78 is 54.5. The third-order valence-electron chi connectivity index (χ3n) is 15.1. The first kappa shape index (κ1) is 59.4. The van der Waals surface area contributed by atoms with Crippen LogP contribution in [0.15, 0.2) is 47.6 Å². The zero-order chi connectivity index (χ0) is 52.1. The highest BCUT2D eigenvalue weighted by atomic mass is 31.2. The van der Waals surface area contributed by atoms with Gasteiger partial charge in [0.15, 0.2) is 13.2 Å². The molecule has 70 heavy (non-hydrogen) atoms. The van der Waals surface area contributed by atoms with Gasteiger partial charge in [-0.25, -0.2) is 4.79 Å². The van der Waals surface area contributed by atoms with Gasteiger partial charge in [0.1, 0.15) is 30.1 Å². The van der Waals surface area contributed by atoms with Crippen molar-refractivity contribution in [1.29, 1.82) is 0 Å². The predicted octanol–water partition coefficient (Wildman–Crippen LogP) is 8.40. The van der Waals surface area contributed by atoms with E-state index in [1.54, 1.807) is 54.4 Å². The van der Waals surface area contributed by atoms with Crippen molar-refractivity contribution in [2.45, 2.75) is 180 Å². The number of fused-ring (bicyclic) bond motifs is 3. The number of cyclic esters (lactones) is 1. The van der Waals surface area contributed by atoms with Gasteiger partial charge in [-0.2, -0.15) is 0 Å². The largest absolute Gasteiger partial charge is 0.460 e. The van der Waals surface area contributed by atoms with Crippen molar-refractivity contribution in [3.63, 3.8) is 0 Å². The Kier molecular flexibility index (Phi) is 23.1. The van der Waals surface area contributed by atoms with Gasteiger partial charge in [-0.1, -0.05) is 71.1 Å². The molecule has 396 valence electrons. The molecular weight excluding hydrogens is 918 g/mol. The molecule has 15 atom stereocenters. The maximum atomic E-state index is 14.5. The third kappa shape index (κ3) is 16.2. The molecule has 0 aromatic rings. The van der Waals surface area contributed by atoms with Crippen molar-refractivity contribution >= 4 is 36.6 Å². The standard InChI is InChI=1S/C54H86NO14P/c1-33-19-15-14-16-20-34(2)45(63-8)31-41-24-22-39(7)54(61,68-41)51(58)52(59)55-26-18-17-21-42(55)53(60)67-46(36(4)29-40-23-25-44(47(30-40)64-9)69-70(12,13)62)32-43(56)35(3)28-38(6)49(65-10)50(66-11)48(57)37(5)27-33/h14-16,19-20,28,33,35-37,39-42,44-47,49-50,61H,17-18,21-27,29-32H2,1-13H3/b16-14+,19-15+,34-20+,38-28+/t33-,35-,36-,37-,39-,40+,41+,42+,44-,45+,46+,47-,49-,50+,54-/m1/s1. The summed E-state index contributed by atoms with van der Waals surface area (Å²) in [5.74, 6) is -7.60. The van der Waals surface area contributed by atoms with E-state index in [0.717, 1.165) is 12.0 Å². The molecule has 15 nitrogen and oxygen atoms in total. The Morgan fingerprint density at radius 1 is 0.814 bits per heavy atom. The second-order valence-electron chi connectivity index (χ2n) is 21.1. The van der Waals surface area contributed by atoms with Gasteiger partial charge in [-0.05, 0) is 107 Å². The van der Waals surface area contributed by atoms with Crippen LogP contribution in [0.25, 0.3) is 0 Å². The molecule has 1 N–H and O–H groups in total. The van der Waals surface area contributed by atoms with Crippen LogP contribution >= 0.6 is 7.37 Å². The molecule has 2 bridgehead atoms. The Morgan fingerprint density at radius 3 is 2.16 bits per heavy atom. The third-order valence-corrected chi connectivity index (χ3v) is 15.8. The van der Waals surface area contributed by atoms with Gasteiger partial charge in [0.25, 0.3) is 11.7 Å². The van der Waals surface area contributed by atoms with Crippen molar-refractivity contribution in [3.05, 3.63) is 47.6 Å². The van der Waals surface area contributed by atoms with Gasteiger partial charge in [0, 0.05) is 78.9 Å². The van der Waals surface area contributed by atoms with Crippen molar-refractivity contribution in [2.24, 2.45) is 35.5 Å². The van der Waals surface area contributed by atoms with Crippen molar-refractivity contribution in [1.82, 2.24) is 4.90 Å². The quantitative estimate of drug-likeness (QED) is 0.100. The fourth-order valence-electron chi connectivity index (χ4n) is 10.8. The van der Waals surface area contributed by atoms with E-state index in [0.29, 0.717) is 63.4 Å². The molecule has 1 aliphatic carbocycles. The van der Waals surface area contributed by atoms with Crippen LogP contribution in [-0.2, 0) is 61.5 Å². The number of methoxy groups -OCH3 is 4. The number of hydrogen-bond donors (Lipinski definition) is 1. The van der Waals surface area contributed by atoms with Gasteiger partial charge in [-0.3, -0.25) is 23.7 Å². The summed E-state index contributed by atoms with van der Waals surface area (Å²) in [5.41, 5.74) is 1.52. The van der Waals surface area contributed by atoms with E-state index in [2.05, 4.69) is 0 Å². The molecule has 2 saturated heterocycles. The highest BCUT2D eigenvalue weighted by Gasteiger charge is 2.53. The van der Waals surface area contributed by atoms with Gasteiger partial charge in [0.2, 0.25) is 5.79 Å². The van der Waals surface area contributed by atoms with Gasteiger partial charge in [-0.15, -0.1) is 0 Å². The zero-order valence-electron chi connectivity index (χ0n) is 44.4. The number of carbonyl (C=O) groups excluding carboxylic acids is 5. The topological polar surface area (TPSA) is 190 Å². The number of aliphatic hydroxyl groups is 1. The minimum absolute atomic E-state index is 0.0523. The van der Waals surface area contributed by atoms with Gasteiger partial charge >= 0.3 is 5.97 Å². The van der Waals surface area contributed by atoms with Crippen LogP contribution in [0.5, 0.6) is 0 Å². The summed E-state index contributed by atoms with van der Waals surface area (Å²) in [6, 6.07) is -1.14. The second kappa shape index (κ2) is 27.2. The van der Waals surface area contributed by atoms with Crippen LogP contribution < -0.4 is 0 Å². The lowest BCUT2D eigenvalue weighted by molar-refractivity contribution is -0.265. The number of amides is 1. The molecule has 16 heteroatoms. The van der Waals surface area contributed by atoms with Crippen LogP contribution in [0, 0.1) is 35.5 Å². The first-order valence-electron chi connectivity index (χ1n) is 25.5. The lowest BCUT2D eigenvalue weighted by atomic mass is 9.78. The monoisotopic (exact) mass is 1000 g/mol. The number of Topliss-reactive ketones (excluding diaryl/α,β-unsaturated/α-hetero) is 3. The Hall–Kier alpha value is -3.14. The van der Waals surface area contributed by atoms with Crippen LogP contribution in [0.1, 0.15) is 126 Å².